The van der Waals surface area contributed by atoms with Crippen LogP contribution >= 0.6 is 11.6 Å². The summed E-state index contributed by atoms with van der Waals surface area (Å²) < 4.78 is 18.7. The molecule has 0 unspecified atom stereocenters. The van der Waals surface area contributed by atoms with Crippen molar-refractivity contribution in [3.8, 4) is 5.75 Å². The molecule has 1 heterocycles. The molecule has 160 valence electrons. The zero-order valence-corrected chi connectivity index (χ0v) is 17.5. The average molecular weight is 434 g/mol. The van der Waals surface area contributed by atoms with E-state index < -0.39 is 5.82 Å². The van der Waals surface area contributed by atoms with Crippen LogP contribution in [0.2, 0.25) is 5.02 Å². The number of nitrogens with zero attached hydrogens (tertiary/aromatic N) is 1. The number of ether oxygens (including phenoxy) is 1. The van der Waals surface area contributed by atoms with Crippen molar-refractivity contribution >= 4 is 23.4 Å². The fourth-order valence-corrected chi connectivity index (χ4v) is 3.64. The van der Waals surface area contributed by atoms with Crippen LogP contribution in [-0.2, 0) is 4.79 Å². The summed E-state index contributed by atoms with van der Waals surface area (Å²) in [7, 11) is 0. The highest BCUT2D eigenvalue weighted by atomic mass is 35.5. The monoisotopic (exact) mass is 433 g/mol. The van der Waals surface area contributed by atoms with Gasteiger partial charge in [0.25, 0.3) is 11.8 Å². The molecule has 0 saturated heterocycles. The standard InChI is InChI=1S/C22H25ClFN3O3/c1-14-10-16(8-9-25-14)22(29)26-12-15-2-4-17(5-3-15)27-21(28)13-30-18-6-7-19(23)20(24)11-18/h6-11,15,17H,2-5,12-13H2,1H3,(H,26,29)(H,27,28)/t15-,17-. The van der Waals surface area contributed by atoms with Gasteiger partial charge >= 0.3 is 0 Å². The predicted octanol–water partition coefficient (Wildman–Crippen LogP) is 3.67. The molecule has 1 aromatic heterocycles. The van der Waals surface area contributed by atoms with Crippen LogP contribution in [0.5, 0.6) is 5.75 Å². The van der Waals surface area contributed by atoms with E-state index in [1.807, 2.05) is 6.92 Å². The maximum Gasteiger partial charge on any atom is 0.258 e. The Morgan fingerprint density at radius 1 is 1.20 bits per heavy atom. The minimum Gasteiger partial charge on any atom is -0.484 e. The van der Waals surface area contributed by atoms with Crippen molar-refractivity contribution in [1.82, 2.24) is 15.6 Å². The van der Waals surface area contributed by atoms with Gasteiger partial charge in [-0.05, 0) is 62.8 Å². The van der Waals surface area contributed by atoms with Gasteiger partial charge in [-0.15, -0.1) is 0 Å². The fraction of sp³-hybridized carbons (Fsp3) is 0.409. The number of aromatic nitrogens is 1. The van der Waals surface area contributed by atoms with E-state index >= 15 is 0 Å². The largest absolute Gasteiger partial charge is 0.484 e. The van der Waals surface area contributed by atoms with Gasteiger partial charge in [-0.2, -0.15) is 0 Å². The number of pyridine rings is 1. The van der Waals surface area contributed by atoms with E-state index in [0.717, 1.165) is 37.4 Å². The molecule has 1 aliphatic rings. The van der Waals surface area contributed by atoms with Crippen LogP contribution in [-0.4, -0.2) is 36.0 Å². The molecule has 3 rings (SSSR count). The Hall–Kier alpha value is -2.67. The third-order valence-electron chi connectivity index (χ3n) is 5.18. The number of rotatable bonds is 7. The van der Waals surface area contributed by atoms with Gasteiger partial charge in [0.1, 0.15) is 11.6 Å². The first-order valence-electron chi connectivity index (χ1n) is 9.99. The van der Waals surface area contributed by atoms with Crippen LogP contribution < -0.4 is 15.4 Å². The third kappa shape index (κ3) is 6.42. The van der Waals surface area contributed by atoms with Crippen LogP contribution in [0.1, 0.15) is 41.7 Å². The molecule has 1 aromatic carbocycles. The molecule has 1 aliphatic carbocycles. The van der Waals surface area contributed by atoms with Gasteiger partial charge in [0.15, 0.2) is 6.61 Å². The first-order valence-corrected chi connectivity index (χ1v) is 10.4. The number of hydrogen-bond acceptors (Lipinski definition) is 4. The molecule has 0 aliphatic heterocycles. The van der Waals surface area contributed by atoms with E-state index in [4.69, 9.17) is 16.3 Å². The minimum atomic E-state index is -0.584. The van der Waals surface area contributed by atoms with Crippen molar-refractivity contribution in [2.75, 3.05) is 13.2 Å². The number of halogens is 2. The summed E-state index contributed by atoms with van der Waals surface area (Å²) in [6, 6.07) is 7.61. The van der Waals surface area contributed by atoms with Gasteiger partial charge in [-0.1, -0.05) is 11.6 Å². The Labute approximate surface area is 180 Å². The highest BCUT2D eigenvalue weighted by molar-refractivity contribution is 6.30. The summed E-state index contributed by atoms with van der Waals surface area (Å²) in [6.07, 6.45) is 5.16. The Balaban J connectivity index is 1.35. The number of nitrogens with one attached hydrogen (secondary N) is 2. The molecule has 2 aromatic rings. The van der Waals surface area contributed by atoms with Crippen LogP contribution in [0.3, 0.4) is 0 Å². The SMILES string of the molecule is Cc1cc(C(=O)NC[C@H]2CC[C@H](NC(=O)COc3ccc(Cl)c(F)c3)CC2)ccn1. The van der Waals surface area contributed by atoms with Crippen molar-refractivity contribution in [3.05, 3.63) is 58.6 Å². The van der Waals surface area contributed by atoms with E-state index in [1.54, 1.807) is 18.3 Å². The number of aryl methyl sites for hydroxylation is 1. The average Bonchev–Trinajstić information content (AvgIpc) is 2.74. The second-order valence-electron chi connectivity index (χ2n) is 7.55. The molecule has 1 saturated carbocycles. The van der Waals surface area contributed by atoms with Gasteiger partial charge in [0, 0.05) is 36.1 Å². The van der Waals surface area contributed by atoms with Crippen LogP contribution in [0, 0.1) is 18.7 Å². The maximum atomic E-state index is 13.4. The molecule has 1 fully saturated rings. The van der Waals surface area contributed by atoms with E-state index in [-0.39, 0.29) is 35.2 Å². The zero-order chi connectivity index (χ0) is 21.5. The van der Waals surface area contributed by atoms with Gasteiger partial charge in [-0.3, -0.25) is 14.6 Å². The lowest BCUT2D eigenvalue weighted by Gasteiger charge is -2.29. The van der Waals surface area contributed by atoms with Gasteiger partial charge < -0.3 is 15.4 Å². The van der Waals surface area contributed by atoms with Gasteiger partial charge in [0.05, 0.1) is 5.02 Å². The van der Waals surface area contributed by atoms with Gasteiger partial charge in [-0.25, -0.2) is 4.39 Å². The lowest BCUT2D eigenvalue weighted by atomic mass is 9.86. The quantitative estimate of drug-likeness (QED) is 0.698. The molecule has 0 spiro atoms. The Bertz CT molecular complexity index is 901. The Morgan fingerprint density at radius 2 is 1.97 bits per heavy atom. The number of benzene rings is 1. The molecule has 6 nitrogen and oxygen atoms in total. The second-order valence-corrected chi connectivity index (χ2v) is 7.95. The molecule has 0 atom stereocenters. The lowest BCUT2D eigenvalue weighted by Crippen LogP contribution is -2.41. The summed E-state index contributed by atoms with van der Waals surface area (Å²) in [6.45, 7) is 2.29. The predicted molar refractivity (Wildman–Crippen MR) is 112 cm³/mol. The van der Waals surface area contributed by atoms with Crippen molar-refractivity contribution < 1.29 is 18.7 Å². The van der Waals surface area contributed by atoms with Crippen molar-refractivity contribution in [2.45, 2.75) is 38.6 Å². The Kier molecular flexibility index (Phi) is 7.63. The summed E-state index contributed by atoms with van der Waals surface area (Å²) >= 11 is 5.63. The zero-order valence-electron chi connectivity index (χ0n) is 16.8. The highest BCUT2D eigenvalue weighted by Gasteiger charge is 2.23. The van der Waals surface area contributed by atoms with Crippen molar-refractivity contribution in [3.63, 3.8) is 0 Å². The van der Waals surface area contributed by atoms with Gasteiger partial charge in [0.2, 0.25) is 0 Å². The maximum absolute atomic E-state index is 13.4. The first-order chi connectivity index (χ1) is 14.4. The summed E-state index contributed by atoms with van der Waals surface area (Å²) in [5.41, 5.74) is 1.42. The number of hydrogen-bond donors (Lipinski definition) is 2. The molecular formula is C22H25ClFN3O3. The van der Waals surface area contributed by atoms with Crippen LogP contribution in [0.25, 0.3) is 0 Å². The molecule has 2 N–H and O–H groups in total. The third-order valence-corrected chi connectivity index (χ3v) is 5.49. The second kappa shape index (κ2) is 10.4. The van der Waals surface area contributed by atoms with E-state index in [0.29, 0.717) is 18.0 Å². The molecule has 0 bridgehead atoms. The summed E-state index contributed by atoms with van der Waals surface area (Å²) in [5.74, 6) is -0.268. The normalized spacial score (nSPS) is 18.5. The topological polar surface area (TPSA) is 80.3 Å². The molecule has 0 radical (unpaired) electrons. The van der Waals surface area contributed by atoms with E-state index in [1.165, 1.54) is 12.1 Å². The molecule has 2 amide bonds. The highest BCUT2D eigenvalue weighted by Crippen LogP contribution is 2.24. The smallest absolute Gasteiger partial charge is 0.258 e. The Morgan fingerprint density at radius 3 is 2.67 bits per heavy atom. The first kappa shape index (κ1) is 22.0. The minimum absolute atomic E-state index is 0.00985. The molecule has 8 heteroatoms. The number of carbonyl (C=O) groups is 2. The lowest BCUT2D eigenvalue weighted by molar-refractivity contribution is -0.124. The van der Waals surface area contributed by atoms with E-state index in [9.17, 15) is 14.0 Å². The summed E-state index contributed by atoms with van der Waals surface area (Å²) in [4.78, 5) is 28.4. The number of carbonyl (C=O) groups excluding carboxylic acids is 2. The van der Waals surface area contributed by atoms with Crippen LogP contribution in [0.4, 0.5) is 4.39 Å². The van der Waals surface area contributed by atoms with Crippen LogP contribution in [0.15, 0.2) is 36.5 Å². The molecular weight excluding hydrogens is 409 g/mol. The van der Waals surface area contributed by atoms with E-state index in [2.05, 4.69) is 15.6 Å². The fourth-order valence-electron chi connectivity index (χ4n) is 3.52. The van der Waals surface area contributed by atoms with Crippen molar-refractivity contribution in [2.24, 2.45) is 5.92 Å². The number of amides is 2. The molecule has 30 heavy (non-hydrogen) atoms. The summed E-state index contributed by atoms with van der Waals surface area (Å²) in [5, 5.41) is 5.95. The van der Waals surface area contributed by atoms with Crippen molar-refractivity contribution in [1.29, 1.82) is 0 Å².